The van der Waals surface area contributed by atoms with Crippen LogP contribution in [0.5, 0.6) is 0 Å². The highest BCUT2D eigenvalue weighted by Crippen LogP contribution is 2.25. The van der Waals surface area contributed by atoms with Gasteiger partial charge in [-0.2, -0.15) is 0 Å². The number of nitrogens with two attached hydrogens (primary N) is 1. The number of nitro benzene ring substituents is 1. The molecule has 0 spiro atoms. The summed E-state index contributed by atoms with van der Waals surface area (Å²) >= 11 is 0. The number of anilines is 1. The first-order valence-electron chi connectivity index (χ1n) is 5.06. The van der Waals surface area contributed by atoms with E-state index in [1.54, 1.807) is 0 Å². The number of nitro groups is 1. The van der Waals surface area contributed by atoms with E-state index in [-0.39, 0.29) is 23.5 Å². The Labute approximate surface area is 102 Å². The standard InChI is InChI=1S/C10H13N3O5/c11-10(16)6-1-2-8(9(3-6)13(17)18)12-4-7(15)5-14/h1-3,7,12,14-15H,4-5H2,(H2,11,16). The summed E-state index contributed by atoms with van der Waals surface area (Å²) in [6, 6.07) is 3.71. The minimum Gasteiger partial charge on any atom is -0.394 e. The van der Waals surface area contributed by atoms with E-state index < -0.39 is 23.5 Å². The Kier molecular flexibility index (Phi) is 4.58. The fraction of sp³-hybridized carbons (Fsp3) is 0.300. The summed E-state index contributed by atoms with van der Waals surface area (Å²) in [5.41, 5.74) is 4.86. The van der Waals surface area contributed by atoms with Gasteiger partial charge < -0.3 is 21.3 Å². The van der Waals surface area contributed by atoms with Crippen LogP contribution in [-0.2, 0) is 0 Å². The van der Waals surface area contributed by atoms with Crippen molar-refractivity contribution >= 4 is 17.3 Å². The monoisotopic (exact) mass is 255 g/mol. The molecule has 0 aliphatic heterocycles. The summed E-state index contributed by atoms with van der Waals surface area (Å²) in [5, 5.41) is 31.2. The van der Waals surface area contributed by atoms with Crippen molar-refractivity contribution < 1.29 is 19.9 Å². The molecule has 0 bridgehead atoms. The van der Waals surface area contributed by atoms with Gasteiger partial charge in [-0.1, -0.05) is 0 Å². The average Bonchev–Trinajstić information content (AvgIpc) is 2.35. The number of amides is 1. The number of nitrogens with one attached hydrogen (secondary N) is 1. The summed E-state index contributed by atoms with van der Waals surface area (Å²) in [6.07, 6.45) is -1.03. The van der Waals surface area contributed by atoms with E-state index in [9.17, 15) is 14.9 Å². The molecule has 1 amide bonds. The number of rotatable bonds is 6. The van der Waals surface area contributed by atoms with E-state index in [1.165, 1.54) is 12.1 Å². The third-order valence-electron chi connectivity index (χ3n) is 2.22. The van der Waals surface area contributed by atoms with Crippen molar-refractivity contribution in [2.75, 3.05) is 18.5 Å². The minimum absolute atomic E-state index is 0.0231. The highest BCUT2D eigenvalue weighted by Gasteiger charge is 2.16. The van der Waals surface area contributed by atoms with Gasteiger partial charge in [0.05, 0.1) is 17.6 Å². The van der Waals surface area contributed by atoms with Gasteiger partial charge in [0.2, 0.25) is 5.91 Å². The lowest BCUT2D eigenvalue weighted by Crippen LogP contribution is -2.23. The molecule has 18 heavy (non-hydrogen) atoms. The maximum atomic E-state index is 10.9. The molecule has 0 saturated carbocycles. The molecular formula is C10H13N3O5. The Morgan fingerprint density at radius 2 is 2.22 bits per heavy atom. The van der Waals surface area contributed by atoms with E-state index in [4.69, 9.17) is 15.9 Å². The van der Waals surface area contributed by atoms with Crippen LogP contribution < -0.4 is 11.1 Å². The Morgan fingerprint density at radius 3 is 2.72 bits per heavy atom. The fourth-order valence-corrected chi connectivity index (χ4v) is 1.28. The van der Waals surface area contributed by atoms with Crippen molar-refractivity contribution in [1.82, 2.24) is 0 Å². The lowest BCUT2D eigenvalue weighted by molar-refractivity contribution is -0.384. The number of nitrogens with zero attached hydrogens (tertiary/aromatic N) is 1. The molecule has 0 radical (unpaired) electrons. The maximum absolute atomic E-state index is 10.9. The van der Waals surface area contributed by atoms with Crippen molar-refractivity contribution in [3.05, 3.63) is 33.9 Å². The lowest BCUT2D eigenvalue weighted by atomic mass is 10.1. The van der Waals surface area contributed by atoms with E-state index in [1.807, 2.05) is 0 Å². The molecule has 1 aromatic carbocycles. The largest absolute Gasteiger partial charge is 0.394 e. The predicted octanol–water partition coefficient (Wildman–Crippen LogP) is -0.541. The summed E-state index contributed by atoms with van der Waals surface area (Å²) < 4.78 is 0. The van der Waals surface area contributed by atoms with Gasteiger partial charge in [0.25, 0.3) is 5.69 Å². The highest BCUT2D eigenvalue weighted by atomic mass is 16.6. The number of aliphatic hydroxyl groups is 2. The van der Waals surface area contributed by atoms with Crippen LogP contribution in [0, 0.1) is 10.1 Å². The van der Waals surface area contributed by atoms with Crippen LogP contribution in [0.2, 0.25) is 0 Å². The zero-order chi connectivity index (χ0) is 13.7. The van der Waals surface area contributed by atoms with Gasteiger partial charge >= 0.3 is 0 Å². The molecule has 8 heteroatoms. The van der Waals surface area contributed by atoms with Gasteiger partial charge in [0.1, 0.15) is 5.69 Å². The quantitative estimate of drug-likeness (QED) is 0.397. The minimum atomic E-state index is -1.03. The molecule has 8 nitrogen and oxygen atoms in total. The highest BCUT2D eigenvalue weighted by molar-refractivity contribution is 5.94. The maximum Gasteiger partial charge on any atom is 0.293 e. The predicted molar refractivity (Wildman–Crippen MR) is 63.2 cm³/mol. The molecule has 1 rings (SSSR count). The van der Waals surface area contributed by atoms with Crippen LogP contribution in [0.15, 0.2) is 18.2 Å². The topological polar surface area (TPSA) is 139 Å². The van der Waals surface area contributed by atoms with Gasteiger partial charge in [-0.05, 0) is 12.1 Å². The lowest BCUT2D eigenvalue weighted by Gasteiger charge is -2.10. The van der Waals surface area contributed by atoms with Crippen LogP contribution in [0.4, 0.5) is 11.4 Å². The van der Waals surface area contributed by atoms with Gasteiger partial charge in [0.15, 0.2) is 0 Å². The second kappa shape index (κ2) is 5.94. The number of carbonyl (C=O) groups is 1. The van der Waals surface area contributed by atoms with E-state index in [2.05, 4.69) is 5.32 Å². The SMILES string of the molecule is NC(=O)c1ccc(NCC(O)CO)c([N+](=O)[O-])c1. The van der Waals surface area contributed by atoms with E-state index >= 15 is 0 Å². The van der Waals surface area contributed by atoms with Crippen LogP contribution in [-0.4, -0.2) is 40.3 Å². The van der Waals surface area contributed by atoms with Gasteiger partial charge in [0, 0.05) is 18.2 Å². The average molecular weight is 255 g/mol. The Bertz CT molecular complexity index is 463. The molecular weight excluding hydrogens is 242 g/mol. The number of hydrogen-bond acceptors (Lipinski definition) is 6. The van der Waals surface area contributed by atoms with Crippen molar-refractivity contribution in [1.29, 1.82) is 0 Å². The van der Waals surface area contributed by atoms with Crippen LogP contribution in [0.1, 0.15) is 10.4 Å². The summed E-state index contributed by atoms with van der Waals surface area (Å²) in [6.45, 7) is -0.507. The Morgan fingerprint density at radius 1 is 1.56 bits per heavy atom. The Balaban J connectivity index is 2.97. The molecule has 5 N–H and O–H groups in total. The van der Waals surface area contributed by atoms with Gasteiger partial charge in [-0.3, -0.25) is 14.9 Å². The Hall–Kier alpha value is -2.19. The van der Waals surface area contributed by atoms with Crippen molar-refractivity contribution in [3.63, 3.8) is 0 Å². The first-order valence-corrected chi connectivity index (χ1v) is 5.06. The number of hydrogen-bond donors (Lipinski definition) is 4. The van der Waals surface area contributed by atoms with E-state index in [0.717, 1.165) is 6.07 Å². The van der Waals surface area contributed by atoms with Crippen LogP contribution in [0.3, 0.4) is 0 Å². The number of aliphatic hydroxyl groups excluding tert-OH is 2. The third-order valence-corrected chi connectivity index (χ3v) is 2.22. The molecule has 0 fully saturated rings. The molecule has 1 aromatic rings. The number of carbonyl (C=O) groups excluding carboxylic acids is 1. The molecule has 0 aliphatic carbocycles. The van der Waals surface area contributed by atoms with Crippen molar-refractivity contribution in [2.45, 2.75) is 6.10 Å². The second-order valence-electron chi connectivity index (χ2n) is 3.57. The fourth-order valence-electron chi connectivity index (χ4n) is 1.28. The van der Waals surface area contributed by atoms with Crippen molar-refractivity contribution in [3.8, 4) is 0 Å². The summed E-state index contributed by atoms with van der Waals surface area (Å²) in [4.78, 5) is 21.1. The smallest absolute Gasteiger partial charge is 0.293 e. The molecule has 1 unspecified atom stereocenters. The zero-order valence-electron chi connectivity index (χ0n) is 9.37. The second-order valence-corrected chi connectivity index (χ2v) is 3.57. The molecule has 0 saturated heterocycles. The number of primary amides is 1. The van der Waals surface area contributed by atoms with Crippen molar-refractivity contribution in [2.24, 2.45) is 5.73 Å². The normalized spacial score (nSPS) is 11.9. The zero-order valence-corrected chi connectivity index (χ0v) is 9.37. The van der Waals surface area contributed by atoms with Crippen LogP contribution >= 0.6 is 0 Å². The molecule has 0 aromatic heterocycles. The third kappa shape index (κ3) is 3.40. The van der Waals surface area contributed by atoms with Crippen LogP contribution in [0.25, 0.3) is 0 Å². The molecule has 1 atom stereocenters. The van der Waals surface area contributed by atoms with Gasteiger partial charge in [-0.15, -0.1) is 0 Å². The first kappa shape index (κ1) is 13.9. The summed E-state index contributed by atoms with van der Waals surface area (Å²) in [7, 11) is 0. The number of benzene rings is 1. The first-order chi connectivity index (χ1) is 8.45. The summed E-state index contributed by atoms with van der Waals surface area (Å²) in [5.74, 6) is -0.764. The van der Waals surface area contributed by atoms with Gasteiger partial charge in [-0.25, -0.2) is 0 Å². The van der Waals surface area contributed by atoms with E-state index in [0.29, 0.717) is 0 Å². The molecule has 98 valence electrons. The molecule has 0 heterocycles. The molecule has 0 aliphatic rings.